The lowest BCUT2D eigenvalue weighted by Crippen LogP contribution is -2.37. The van der Waals surface area contributed by atoms with Gasteiger partial charge in [0.05, 0.1) is 0 Å². The summed E-state index contributed by atoms with van der Waals surface area (Å²) < 4.78 is 5.05. The first kappa shape index (κ1) is 18.5. The van der Waals surface area contributed by atoms with Crippen LogP contribution in [-0.2, 0) is 13.0 Å². The highest BCUT2D eigenvalue weighted by molar-refractivity contribution is 6.35. The standard InChI is InChI=1S/C16H21Cl2N5O/c1-3-19-16(21-10-15-22-11(2)23-24-15)20-8-4-5-12-6-7-13(17)9-14(12)18/h6-7,9H,3-5,8,10H2,1-2H3,(H2,19,20,21). The Bertz CT molecular complexity index is 687. The lowest BCUT2D eigenvalue weighted by atomic mass is 10.1. The molecule has 0 amide bonds. The monoisotopic (exact) mass is 369 g/mol. The normalized spacial score (nSPS) is 11.6. The Balaban J connectivity index is 1.80. The van der Waals surface area contributed by atoms with Gasteiger partial charge in [-0.25, -0.2) is 4.99 Å². The zero-order valence-electron chi connectivity index (χ0n) is 13.8. The summed E-state index contributed by atoms with van der Waals surface area (Å²) in [5.74, 6) is 1.83. The topological polar surface area (TPSA) is 75.3 Å². The van der Waals surface area contributed by atoms with Gasteiger partial charge >= 0.3 is 0 Å². The van der Waals surface area contributed by atoms with Gasteiger partial charge in [-0.1, -0.05) is 34.4 Å². The lowest BCUT2D eigenvalue weighted by Gasteiger charge is -2.11. The molecular formula is C16H21Cl2N5O. The molecule has 0 saturated heterocycles. The molecule has 1 aromatic heterocycles. The van der Waals surface area contributed by atoms with E-state index in [9.17, 15) is 0 Å². The first-order chi connectivity index (χ1) is 11.6. The first-order valence-corrected chi connectivity index (χ1v) is 8.59. The zero-order chi connectivity index (χ0) is 17.4. The number of aromatic nitrogens is 2. The summed E-state index contributed by atoms with van der Waals surface area (Å²) in [4.78, 5) is 8.56. The number of rotatable bonds is 7. The van der Waals surface area contributed by atoms with Crippen molar-refractivity contribution in [1.29, 1.82) is 0 Å². The fourth-order valence-electron chi connectivity index (χ4n) is 2.10. The van der Waals surface area contributed by atoms with Gasteiger partial charge in [0, 0.05) is 23.1 Å². The van der Waals surface area contributed by atoms with Gasteiger partial charge in [0.1, 0.15) is 6.54 Å². The maximum Gasteiger partial charge on any atom is 0.248 e. The Morgan fingerprint density at radius 3 is 2.79 bits per heavy atom. The van der Waals surface area contributed by atoms with E-state index in [0.717, 1.165) is 37.5 Å². The van der Waals surface area contributed by atoms with Crippen LogP contribution in [0.25, 0.3) is 0 Å². The number of benzene rings is 1. The molecule has 6 nitrogen and oxygen atoms in total. The number of hydrogen-bond acceptors (Lipinski definition) is 4. The molecule has 0 bridgehead atoms. The van der Waals surface area contributed by atoms with Crippen molar-refractivity contribution in [1.82, 2.24) is 20.8 Å². The molecule has 0 atom stereocenters. The highest BCUT2D eigenvalue weighted by Gasteiger charge is 2.04. The Hall–Kier alpha value is -1.79. The summed E-state index contributed by atoms with van der Waals surface area (Å²) in [6, 6.07) is 5.58. The first-order valence-electron chi connectivity index (χ1n) is 7.83. The van der Waals surface area contributed by atoms with Crippen molar-refractivity contribution in [3.63, 3.8) is 0 Å². The van der Waals surface area contributed by atoms with E-state index in [1.165, 1.54) is 0 Å². The zero-order valence-corrected chi connectivity index (χ0v) is 15.3. The van der Waals surface area contributed by atoms with Gasteiger partial charge in [-0.2, -0.15) is 4.98 Å². The Morgan fingerprint density at radius 2 is 2.12 bits per heavy atom. The second-order valence-corrected chi connectivity index (χ2v) is 6.04. The summed E-state index contributed by atoms with van der Waals surface area (Å²) in [5.41, 5.74) is 1.09. The van der Waals surface area contributed by atoms with E-state index in [-0.39, 0.29) is 0 Å². The summed E-state index contributed by atoms with van der Waals surface area (Å²) >= 11 is 12.1. The molecule has 2 aromatic rings. The number of aliphatic imine (C=N–C) groups is 1. The van der Waals surface area contributed by atoms with E-state index in [1.54, 1.807) is 13.0 Å². The van der Waals surface area contributed by atoms with Gasteiger partial charge in [0.25, 0.3) is 0 Å². The van der Waals surface area contributed by atoms with E-state index in [0.29, 0.717) is 28.3 Å². The van der Waals surface area contributed by atoms with E-state index < -0.39 is 0 Å². The number of aryl methyl sites for hydroxylation is 2. The second-order valence-electron chi connectivity index (χ2n) is 5.20. The van der Waals surface area contributed by atoms with Crippen molar-refractivity contribution in [3.05, 3.63) is 45.5 Å². The molecule has 0 aliphatic heterocycles. The molecule has 0 aliphatic carbocycles. The molecule has 24 heavy (non-hydrogen) atoms. The van der Waals surface area contributed by atoms with Crippen LogP contribution in [0.4, 0.5) is 0 Å². The molecular weight excluding hydrogens is 349 g/mol. The van der Waals surface area contributed by atoms with Crippen LogP contribution in [0.1, 0.15) is 30.6 Å². The van der Waals surface area contributed by atoms with Gasteiger partial charge < -0.3 is 15.2 Å². The number of hydrogen-bond donors (Lipinski definition) is 2. The van der Waals surface area contributed by atoms with Gasteiger partial charge in [-0.3, -0.25) is 0 Å². The van der Waals surface area contributed by atoms with E-state index in [1.807, 2.05) is 19.1 Å². The van der Waals surface area contributed by atoms with Crippen LogP contribution in [0.2, 0.25) is 10.0 Å². The minimum atomic E-state index is 0.346. The quantitative estimate of drug-likeness (QED) is 0.444. The van der Waals surface area contributed by atoms with Gasteiger partial charge in [0.15, 0.2) is 11.8 Å². The van der Waals surface area contributed by atoms with Crippen molar-refractivity contribution in [3.8, 4) is 0 Å². The molecule has 0 spiro atoms. The van der Waals surface area contributed by atoms with Crippen molar-refractivity contribution < 1.29 is 4.52 Å². The van der Waals surface area contributed by atoms with Crippen molar-refractivity contribution in [2.45, 2.75) is 33.2 Å². The average Bonchev–Trinajstić information content (AvgIpc) is 2.96. The summed E-state index contributed by atoms with van der Waals surface area (Å²) in [7, 11) is 0. The summed E-state index contributed by atoms with van der Waals surface area (Å²) in [6.45, 7) is 5.69. The molecule has 0 fully saturated rings. The smallest absolute Gasteiger partial charge is 0.248 e. The van der Waals surface area contributed by atoms with Gasteiger partial charge in [-0.15, -0.1) is 0 Å². The number of nitrogens with one attached hydrogen (secondary N) is 2. The molecule has 0 unspecified atom stereocenters. The van der Waals surface area contributed by atoms with Crippen LogP contribution in [0.5, 0.6) is 0 Å². The lowest BCUT2D eigenvalue weighted by molar-refractivity contribution is 0.376. The van der Waals surface area contributed by atoms with Gasteiger partial charge in [0.2, 0.25) is 5.89 Å². The molecule has 130 valence electrons. The van der Waals surface area contributed by atoms with Crippen LogP contribution in [0.3, 0.4) is 0 Å². The Labute approximate surface area is 151 Å². The SMILES string of the molecule is CCNC(=NCc1nc(C)no1)NCCCc1ccc(Cl)cc1Cl. The van der Waals surface area contributed by atoms with E-state index in [4.69, 9.17) is 27.7 Å². The molecule has 1 heterocycles. The maximum atomic E-state index is 6.18. The Kier molecular flexibility index (Phi) is 7.34. The van der Waals surface area contributed by atoms with Crippen LogP contribution < -0.4 is 10.6 Å². The molecule has 0 aliphatic rings. The van der Waals surface area contributed by atoms with Crippen molar-refractivity contribution in [2.75, 3.05) is 13.1 Å². The maximum absolute atomic E-state index is 6.18. The molecule has 0 saturated carbocycles. The third kappa shape index (κ3) is 6.02. The van der Waals surface area contributed by atoms with E-state index >= 15 is 0 Å². The summed E-state index contributed by atoms with van der Waals surface area (Å²) in [5, 5.41) is 11.6. The van der Waals surface area contributed by atoms with E-state index in [2.05, 4.69) is 25.8 Å². The Morgan fingerprint density at radius 1 is 1.29 bits per heavy atom. The molecule has 1 aromatic carbocycles. The highest BCUT2D eigenvalue weighted by Crippen LogP contribution is 2.21. The fourth-order valence-corrected chi connectivity index (χ4v) is 2.61. The van der Waals surface area contributed by atoms with Gasteiger partial charge in [-0.05, 0) is 44.4 Å². The number of halogens is 2. The van der Waals surface area contributed by atoms with Crippen molar-refractivity contribution >= 4 is 29.2 Å². The second kappa shape index (κ2) is 9.49. The third-order valence-electron chi connectivity index (χ3n) is 3.22. The number of nitrogens with zero attached hydrogens (tertiary/aromatic N) is 3. The fraction of sp³-hybridized carbons (Fsp3) is 0.438. The van der Waals surface area contributed by atoms with Crippen LogP contribution >= 0.6 is 23.2 Å². The molecule has 0 radical (unpaired) electrons. The predicted molar refractivity (Wildman–Crippen MR) is 96.6 cm³/mol. The minimum Gasteiger partial charge on any atom is -0.357 e. The van der Waals surface area contributed by atoms with Crippen LogP contribution in [-0.4, -0.2) is 29.2 Å². The molecule has 2 rings (SSSR count). The molecule has 8 heteroatoms. The number of guanidine groups is 1. The highest BCUT2D eigenvalue weighted by atomic mass is 35.5. The van der Waals surface area contributed by atoms with Crippen LogP contribution in [0.15, 0.2) is 27.7 Å². The van der Waals surface area contributed by atoms with Crippen LogP contribution in [0, 0.1) is 6.92 Å². The largest absolute Gasteiger partial charge is 0.357 e. The third-order valence-corrected chi connectivity index (χ3v) is 3.80. The predicted octanol–water partition coefficient (Wildman–Crippen LogP) is 3.37. The average molecular weight is 370 g/mol. The van der Waals surface area contributed by atoms with Crippen molar-refractivity contribution in [2.24, 2.45) is 4.99 Å². The summed E-state index contributed by atoms with van der Waals surface area (Å²) in [6.07, 6.45) is 1.79. The minimum absolute atomic E-state index is 0.346. The molecule has 2 N–H and O–H groups in total.